The van der Waals surface area contributed by atoms with E-state index in [0.29, 0.717) is 23.9 Å². The molecule has 0 unspecified atom stereocenters. The van der Waals surface area contributed by atoms with E-state index in [9.17, 15) is 4.79 Å². The minimum absolute atomic E-state index is 0.0466. The highest BCUT2D eigenvalue weighted by Gasteiger charge is 2.19. The number of rotatable bonds is 6. The third-order valence-electron chi connectivity index (χ3n) is 5.44. The van der Waals surface area contributed by atoms with Crippen LogP contribution in [0.25, 0.3) is 10.8 Å². The number of hydrogen-bond acceptors (Lipinski definition) is 4. The molecular weight excluding hydrogens is 384 g/mol. The highest BCUT2D eigenvalue weighted by Crippen LogP contribution is 2.24. The van der Waals surface area contributed by atoms with Crippen LogP contribution >= 0.6 is 0 Å². The van der Waals surface area contributed by atoms with E-state index in [0.717, 1.165) is 21.9 Å². The number of aromatic nitrogens is 2. The van der Waals surface area contributed by atoms with Crippen molar-refractivity contribution in [3.8, 4) is 0 Å². The van der Waals surface area contributed by atoms with E-state index in [1.807, 2.05) is 62.4 Å². The van der Waals surface area contributed by atoms with Crippen molar-refractivity contribution in [2.24, 2.45) is 0 Å². The normalized spacial score (nSPS) is 11.8. The van der Waals surface area contributed by atoms with Crippen LogP contribution in [0.15, 0.2) is 79.0 Å². The Morgan fingerprint density at radius 1 is 1.03 bits per heavy atom. The van der Waals surface area contributed by atoms with E-state index in [1.54, 1.807) is 17.2 Å². The van der Waals surface area contributed by atoms with Gasteiger partial charge < -0.3 is 5.32 Å². The highest BCUT2D eigenvalue weighted by atomic mass is 16.2. The molecule has 0 aliphatic carbocycles. The molecule has 1 heterocycles. The number of nitrogens with one attached hydrogen (secondary N) is 1. The Bertz CT molecular complexity index is 1210. The number of carbonyl (C=O) groups is 1. The molecule has 5 nitrogen and oxygen atoms in total. The lowest BCUT2D eigenvalue weighted by Crippen LogP contribution is -2.31. The molecule has 0 aliphatic heterocycles. The van der Waals surface area contributed by atoms with Crippen LogP contribution in [0.5, 0.6) is 0 Å². The zero-order chi connectivity index (χ0) is 21.8. The number of benzene rings is 3. The molecule has 1 N–H and O–H groups in total. The first-order valence-electron chi connectivity index (χ1n) is 10.5. The molecule has 0 radical (unpaired) electrons. The van der Waals surface area contributed by atoms with Gasteiger partial charge in [-0.3, -0.25) is 9.69 Å². The molecule has 0 saturated heterocycles. The SMILES string of the molecule is CCN(C(=O)c1cc(C)c2ccccc2c1)c1ccnc(N[C@@H](C)c2ccccc2)n1. The molecule has 4 aromatic rings. The average molecular weight is 411 g/mol. The number of carbonyl (C=O) groups excluding carboxylic acids is 1. The van der Waals surface area contributed by atoms with Crippen molar-refractivity contribution in [2.45, 2.75) is 26.8 Å². The second kappa shape index (κ2) is 8.96. The van der Waals surface area contributed by atoms with Crippen molar-refractivity contribution in [1.82, 2.24) is 9.97 Å². The van der Waals surface area contributed by atoms with Gasteiger partial charge in [-0.2, -0.15) is 4.98 Å². The lowest BCUT2D eigenvalue weighted by Gasteiger charge is -2.22. The second-order valence-corrected chi connectivity index (χ2v) is 7.58. The van der Waals surface area contributed by atoms with Gasteiger partial charge in [0.1, 0.15) is 5.82 Å². The Balaban J connectivity index is 1.60. The fourth-order valence-electron chi connectivity index (χ4n) is 3.78. The number of aryl methyl sites for hydroxylation is 1. The van der Waals surface area contributed by atoms with Gasteiger partial charge >= 0.3 is 0 Å². The lowest BCUT2D eigenvalue weighted by atomic mass is 10.0. The summed E-state index contributed by atoms with van der Waals surface area (Å²) in [5, 5.41) is 5.55. The van der Waals surface area contributed by atoms with Gasteiger partial charge in [0.15, 0.2) is 0 Å². The maximum Gasteiger partial charge on any atom is 0.259 e. The van der Waals surface area contributed by atoms with Crippen LogP contribution in [0.1, 0.15) is 41.4 Å². The van der Waals surface area contributed by atoms with Crippen LogP contribution in [0.2, 0.25) is 0 Å². The molecule has 0 saturated carbocycles. The van der Waals surface area contributed by atoms with Crippen molar-refractivity contribution in [3.63, 3.8) is 0 Å². The average Bonchev–Trinajstić information content (AvgIpc) is 2.80. The van der Waals surface area contributed by atoms with Gasteiger partial charge in [0, 0.05) is 18.3 Å². The molecule has 4 rings (SSSR count). The number of hydrogen-bond donors (Lipinski definition) is 1. The van der Waals surface area contributed by atoms with Crippen LogP contribution in [0, 0.1) is 6.92 Å². The minimum atomic E-state index is -0.0721. The molecule has 1 amide bonds. The van der Waals surface area contributed by atoms with Crippen molar-refractivity contribution < 1.29 is 4.79 Å². The van der Waals surface area contributed by atoms with E-state index >= 15 is 0 Å². The Kier molecular flexibility index (Phi) is 5.94. The third-order valence-corrected chi connectivity index (χ3v) is 5.44. The molecule has 5 heteroatoms. The first kappa shape index (κ1) is 20.5. The summed E-state index contributed by atoms with van der Waals surface area (Å²) in [4.78, 5) is 24.0. The predicted octanol–water partition coefficient (Wildman–Crippen LogP) is 5.78. The largest absolute Gasteiger partial charge is 0.348 e. The fourth-order valence-corrected chi connectivity index (χ4v) is 3.78. The van der Waals surface area contributed by atoms with E-state index in [4.69, 9.17) is 0 Å². The topological polar surface area (TPSA) is 58.1 Å². The Morgan fingerprint density at radius 2 is 1.77 bits per heavy atom. The van der Waals surface area contributed by atoms with E-state index in [1.165, 1.54) is 0 Å². The Morgan fingerprint density at radius 3 is 2.55 bits per heavy atom. The maximum absolute atomic E-state index is 13.4. The van der Waals surface area contributed by atoms with Crippen LogP contribution in [-0.2, 0) is 0 Å². The molecule has 3 aromatic carbocycles. The van der Waals surface area contributed by atoms with Gasteiger partial charge in [-0.05, 0) is 60.9 Å². The summed E-state index contributed by atoms with van der Waals surface area (Å²) in [5.74, 6) is 1.00. The molecular formula is C26H26N4O. The maximum atomic E-state index is 13.4. The molecule has 1 aromatic heterocycles. The van der Waals surface area contributed by atoms with Crippen LogP contribution in [-0.4, -0.2) is 22.4 Å². The first-order chi connectivity index (χ1) is 15.1. The summed E-state index contributed by atoms with van der Waals surface area (Å²) in [6, 6.07) is 24.0. The number of amides is 1. The van der Waals surface area contributed by atoms with Gasteiger partial charge in [0.05, 0.1) is 6.04 Å². The molecule has 1 atom stereocenters. The summed E-state index contributed by atoms with van der Waals surface area (Å²) in [6.07, 6.45) is 1.68. The van der Waals surface area contributed by atoms with Crippen LogP contribution in [0.3, 0.4) is 0 Å². The van der Waals surface area contributed by atoms with Gasteiger partial charge in [0.25, 0.3) is 5.91 Å². The molecule has 0 aliphatic rings. The molecule has 0 bridgehead atoms. The van der Waals surface area contributed by atoms with Gasteiger partial charge in [-0.15, -0.1) is 0 Å². The van der Waals surface area contributed by atoms with Crippen LogP contribution < -0.4 is 10.2 Å². The molecule has 31 heavy (non-hydrogen) atoms. The standard InChI is InChI=1S/C26H26N4O/c1-4-30(25(31)22-16-18(2)23-13-9-8-12-21(23)17-22)24-14-15-27-26(29-24)28-19(3)20-10-6-5-7-11-20/h5-17,19H,4H2,1-3H3,(H,27,28,29)/t19-/m0/s1. The molecule has 0 spiro atoms. The lowest BCUT2D eigenvalue weighted by molar-refractivity contribution is 0.0987. The predicted molar refractivity (Wildman–Crippen MR) is 127 cm³/mol. The Hall–Kier alpha value is -3.73. The second-order valence-electron chi connectivity index (χ2n) is 7.58. The summed E-state index contributed by atoms with van der Waals surface area (Å²) in [5.41, 5.74) is 2.88. The Labute approximate surface area is 182 Å². The summed E-state index contributed by atoms with van der Waals surface area (Å²) in [7, 11) is 0. The van der Waals surface area contributed by atoms with E-state index in [2.05, 4.69) is 40.4 Å². The first-order valence-corrected chi connectivity index (χ1v) is 10.5. The summed E-state index contributed by atoms with van der Waals surface area (Å²) in [6.45, 7) is 6.56. The molecule has 156 valence electrons. The van der Waals surface area contributed by atoms with Gasteiger partial charge in [-0.1, -0.05) is 54.6 Å². The summed E-state index contributed by atoms with van der Waals surface area (Å²) >= 11 is 0. The number of anilines is 2. The smallest absolute Gasteiger partial charge is 0.259 e. The molecule has 0 fully saturated rings. The monoisotopic (exact) mass is 410 g/mol. The zero-order valence-electron chi connectivity index (χ0n) is 18.0. The number of nitrogens with zero attached hydrogens (tertiary/aromatic N) is 3. The quantitative estimate of drug-likeness (QED) is 0.438. The van der Waals surface area contributed by atoms with Crippen molar-refractivity contribution in [2.75, 3.05) is 16.8 Å². The van der Waals surface area contributed by atoms with E-state index in [-0.39, 0.29) is 11.9 Å². The fraction of sp³-hybridized carbons (Fsp3) is 0.192. The minimum Gasteiger partial charge on any atom is -0.348 e. The highest BCUT2D eigenvalue weighted by molar-refractivity contribution is 6.08. The van der Waals surface area contributed by atoms with Crippen molar-refractivity contribution >= 4 is 28.4 Å². The third kappa shape index (κ3) is 4.40. The van der Waals surface area contributed by atoms with Gasteiger partial charge in [-0.25, -0.2) is 4.98 Å². The van der Waals surface area contributed by atoms with Crippen molar-refractivity contribution in [3.05, 3.63) is 95.7 Å². The van der Waals surface area contributed by atoms with Gasteiger partial charge in [0.2, 0.25) is 5.95 Å². The van der Waals surface area contributed by atoms with Crippen LogP contribution in [0.4, 0.5) is 11.8 Å². The number of fused-ring (bicyclic) bond motifs is 1. The summed E-state index contributed by atoms with van der Waals surface area (Å²) < 4.78 is 0. The van der Waals surface area contributed by atoms with E-state index < -0.39 is 0 Å². The van der Waals surface area contributed by atoms with Crippen molar-refractivity contribution in [1.29, 1.82) is 0 Å². The zero-order valence-corrected chi connectivity index (χ0v) is 18.0.